The molecule has 3 rings (SSSR count). The topological polar surface area (TPSA) is 47.6 Å². The molecule has 1 N–H and O–H groups in total. The minimum atomic E-state index is -0.551. The van der Waals surface area contributed by atoms with Crippen LogP contribution in [0.3, 0.4) is 0 Å². The Morgan fingerprint density at radius 3 is 3.22 bits per heavy atom. The number of carbonyl (C=O) groups is 1. The Bertz CT molecular complexity index is 474. The third kappa shape index (κ3) is 1.52. The standard InChI is InChI=1S/C14H17NO3/c1-2-17-13(16)14-8-15-7-11(14)10-5-3-4-6-12(10)18-9-14/h3-6,11,15H,2,7-9H2,1H3/t11-,14-/m0/s1. The van der Waals surface area contributed by atoms with Crippen molar-refractivity contribution in [1.29, 1.82) is 0 Å². The predicted octanol–water partition coefficient (Wildman–Crippen LogP) is 1.32. The van der Waals surface area contributed by atoms with Crippen LogP contribution < -0.4 is 10.1 Å². The first-order valence-electron chi connectivity index (χ1n) is 6.37. The summed E-state index contributed by atoms with van der Waals surface area (Å²) in [6.07, 6.45) is 0. The van der Waals surface area contributed by atoms with Gasteiger partial charge in [-0.25, -0.2) is 0 Å². The van der Waals surface area contributed by atoms with Gasteiger partial charge in [0.05, 0.1) is 6.61 Å². The third-order valence-electron chi connectivity index (χ3n) is 3.92. The van der Waals surface area contributed by atoms with Crippen molar-refractivity contribution >= 4 is 5.97 Å². The number of para-hydroxylation sites is 1. The summed E-state index contributed by atoms with van der Waals surface area (Å²) in [6, 6.07) is 7.95. The van der Waals surface area contributed by atoms with Crippen molar-refractivity contribution in [3.05, 3.63) is 29.8 Å². The molecule has 0 spiro atoms. The molecule has 18 heavy (non-hydrogen) atoms. The molecule has 0 amide bonds. The molecule has 0 radical (unpaired) electrons. The zero-order valence-corrected chi connectivity index (χ0v) is 10.4. The molecule has 4 heteroatoms. The first-order chi connectivity index (χ1) is 8.78. The SMILES string of the molecule is CCOC(=O)[C@]12CNC[C@H]1c1ccccc1OC2. The lowest BCUT2D eigenvalue weighted by Crippen LogP contribution is -2.46. The fourth-order valence-corrected chi connectivity index (χ4v) is 2.97. The summed E-state index contributed by atoms with van der Waals surface area (Å²) in [5.41, 5.74) is 0.562. The molecule has 1 fully saturated rings. The van der Waals surface area contributed by atoms with Crippen molar-refractivity contribution in [3.63, 3.8) is 0 Å². The molecule has 2 atom stereocenters. The molecule has 1 saturated heterocycles. The van der Waals surface area contributed by atoms with Gasteiger partial charge in [-0.2, -0.15) is 0 Å². The Balaban J connectivity index is 2.00. The van der Waals surface area contributed by atoms with Gasteiger partial charge >= 0.3 is 5.97 Å². The normalized spacial score (nSPS) is 29.1. The van der Waals surface area contributed by atoms with E-state index in [0.29, 0.717) is 19.8 Å². The highest BCUT2D eigenvalue weighted by atomic mass is 16.5. The van der Waals surface area contributed by atoms with Crippen LogP contribution in [0, 0.1) is 5.41 Å². The highest BCUT2D eigenvalue weighted by Gasteiger charge is 2.54. The van der Waals surface area contributed by atoms with Gasteiger partial charge in [-0.05, 0) is 18.6 Å². The van der Waals surface area contributed by atoms with Crippen LogP contribution in [0.1, 0.15) is 18.4 Å². The van der Waals surface area contributed by atoms with Crippen molar-refractivity contribution in [3.8, 4) is 5.75 Å². The van der Waals surface area contributed by atoms with E-state index in [0.717, 1.165) is 17.9 Å². The Morgan fingerprint density at radius 2 is 2.39 bits per heavy atom. The smallest absolute Gasteiger partial charge is 0.317 e. The zero-order valence-electron chi connectivity index (χ0n) is 10.4. The van der Waals surface area contributed by atoms with E-state index in [1.54, 1.807) is 0 Å². The van der Waals surface area contributed by atoms with E-state index in [9.17, 15) is 4.79 Å². The van der Waals surface area contributed by atoms with Gasteiger partial charge in [-0.15, -0.1) is 0 Å². The minimum absolute atomic E-state index is 0.144. The predicted molar refractivity (Wildman–Crippen MR) is 66.6 cm³/mol. The van der Waals surface area contributed by atoms with E-state index in [-0.39, 0.29) is 11.9 Å². The maximum absolute atomic E-state index is 12.3. The van der Waals surface area contributed by atoms with Crippen LogP contribution in [0.15, 0.2) is 24.3 Å². The van der Waals surface area contributed by atoms with Gasteiger partial charge in [0.2, 0.25) is 0 Å². The van der Waals surface area contributed by atoms with E-state index in [1.807, 2.05) is 31.2 Å². The summed E-state index contributed by atoms with van der Waals surface area (Å²) in [6.45, 7) is 4.09. The summed E-state index contributed by atoms with van der Waals surface area (Å²) in [5, 5.41) is 3.30. The molecule has 4 nitrogen and oxygen atoms in total. The molecule has 96 valence electrons. The number of rotatable bonds is 2. The lowest BCUT2D eigenvalue weighted by molar-refractivity contribution is -0.158. The molecule has 0 bridgehead atoms. The van der Waals surface area contributed by atoms with Crippen LogP contribution in [-0.4, -0.2) is 32.3 Å². The minimum Gasteiger partial charge on any atom is -0.492 e. The Morgan fingerprint density at radius 1 is 1.56 bits per heavy atom. The molecule has 2 aliphatic heterocycles. The van der Waals surface area contributed by atoms with E-state index in [2.05, 4.69) is 5.32 Å². The maximum Gasteiger partial charge on any atom is 0.317 e. The molecular weight excluding hydrogens is 230 g/mol. The summed E-state index contributed by atoms with van der Waals surface area (Å²) in [5.74, 6) is 0.905. The molecule has 0 aliphatic carbocycles. The average Bonchev–Trinajstić information content (AvgIpc) is 2.84. The van der Waals surface area contributed by atoms with Crippen LogP contribution in [0.25, 0.3) is 0 Å². The zero-order chi connectivity index (χ0) is 12.6. The molecule has 0 saturated carbocycles. The van der Waals surface area contributed by atoms with Crippen LogP contribution in [-0.2, 0) is 9.53 Å². The molecule has 0 aromatic heterocycles. The first-order valence-corrected chi connectivity index (χ1v) is 6.37. The quantitative estimate of drug-likeness (QED) is 0.801. The highest BCUT2D eigenvalue weighted by Crippen LogP contribution is 2.47. The van der Waals surface area contributed by atoms with Gasteiger partial charge < -0.3 is 14.8 Å². The number of esters is 1. The number of hydrogen-bond donors (Lipinski definition) is 1. The van der Waals surface area contributed by atoms with Crippen molar-refractivity contribution in [1.82, 2.24) is 5.32 Å². The van der Waals surface area contributed by atoms with Crippen molar-refractivity contribution in [2.45, 2.75) is 12.8 Å². The van der Waals surface area contributed by atoms with E-state index < -0.39 is 5.41 Å². The van der Waals surface area contributed by atoms with Gasteiger partial charge in [0.15, 0.2) is 0 Å². The lowest BCUT2D eigenvalue weighted by Gasteiger charge is -2.37. The Kier molecular flexibility index (Phi) is 2.74. The molecule has 0 unspecified atom stereocenters. The molecule has 2 aliphatic rings. The Labute approximate surface area is 106 Å². The third-order valence-corrected chi connectivity index (χ3v) is 3.92. The monoisotopic (exact) mass is 247 g/mol. The van der Waals surface area contributed by atoms with Gasteiger partial charge in [0.1, 0.15) is 17.8 Å². The van der Waals surface area contributed by atoms with Crippen molar-refractivity contribution < 1.29 is 14.3 Å². The fourth-order valence-electron chi connectivity index (χ4n) is 2.97. The van der Waals surface area contributed by atoms with Gasteiger partial charge in [0, 0.05) is 19.0 Å². The lowest BCUT2D eigenvalue weighted by atomic mass is 9.73. The number of benzene rings is 1. The van der Waals surface area contributed by atoms with E-state index in [1.165, 1.54) is 0 Å². The molecule has 1 aromatic rings. The summed E-state index contributed by atoms with van der Waals surface area (Å²) < 4.78 is 11.0. The van der Waals surface area contributed by atoms with E-state index in [4.69, 9.17) is 9.47 Å². The number of ether oxygens (including phenoxy) is 2. The van der Waals surface area contributed by atoms with Crippen LogP contribution >= 0.6 is 0 Å². The average molecular weight is 247 g/mol. The van der Waals surface area contributed by atoms with Crippen LogP contribution in [0.4, 0.5) is 0 Å². The van der Waals surface area contributed by atoms with Crippen LogP contribution in [0.2, 0.25) is 0 Å². The number of nitrogens with one attached hydrogen (secondary N) is 1. The van der Waals surface area contributed by atoms with Gasteiger partial charge in [-0.1, -0.05) is 18.2 Å². The number of carbonyl (C=O) groups excluding carboxylic acids is 1. The number of fused-ring (bicyclic) bond motifs is 3. The largest absolute Gasteiger partial charge is 0.492 e. The highest BCUT2D eigenvalue weighted by molar-refractivity contribution is 5.80. The molecule has 2 heterocycles. The molecular formula is C14H17NO3. The fraction of sp³-hybridized carbons (Fsp3) is 0.500. The summed E-state index contributed by atoms with van der Waals surface area (Å²) in [7, 11) is 0. The summed E-state index contributed by atoms with van der Waals surface area (Å²) >= 11 is 0. The van der Waals surface area contributed by atoms with E-state index >= 15 is 0 Å². The van der Waals surface area contributed by atoms with Crippen molar-refractivity contribution in [2.24, 2.45) is 5.41 Å². The second-order valence-corrected chi connectivity index (χ2v) is 4.89. The van der Waals surface area contributed by atoms with Gasteiger partial charge in [0.25, 0.3) is 0 Å². The van der Waals surface area contributed by atoms with Gasteiger partial charge in [-0.3, -0.25) is 4.79 Å². The summed E-state index contributed by atoms with van der Waals surface area (Å²) in [4.78, 5) is 12.3. The number of hydrogen-bond acceptors (Lipinski definition) is 4. The molecule has 1 aromatic carbocycles. The van der Waals surface area contributed by atoms with Crippen molar-refractivity contribution in [2.75, 3.05) is 26.3 Å². The second kappa shape index (κ2) is 4.28. The first kappa shape index (κ1) is 11.5. The second-order valence-electron chi connectivity index (χ2n) is 4.89. The maximum atomic E-state index is 12.3. The Hall–Kier alpha value is -1.55. The van der Waals surface area contributed by atoms with Crippen LogP contribution in [0.5, 0.6) is 5.75 Å².